The molecular formula is C11H21NO2. The molecule has 2 aliphatic rings. The Kier molecular flexibility index (Phi) is 3.10. The van der Waals surface area contributed by atoms with Crippen LogP contribution in [0.2, 0.25) is 0 Å². The molecule has 0 spiro atoms. The third kappa shape index (κ3) is 1.95. The third-order valence-corrected chi connectivity index (χ3v) is 3.53. The average molecular weight is 199 g/mol. The van der Waals surface area contributed by atoms with Crippen molar-refractivity contribution in [3.63, 3.8) is 0 Å². The number of hydrogen-bond acceptors (Lipinski definition) is 3. The molecule has 0 aromatic carbocycles. The Hall–Kier alpha value is -0.120. The first kappa shape index (κ1) is 10.4. The van der Waals surface area contributed by atoms with Crippen molar-refractivity contribution in [2.24, 2.45) is 0 Å². The first-order valence-corrected chi connectivity index (χ1v) is 5.74. The van der Waals surface area contributed by atoms with E-state index < -0.39 is 0 Å². The number of ether oxygens (including phenoxy) is 1. The first-order chi connectivity index (χ1) is 6.68. The molecule has 0 bridgehead atoms. The maximum atomic E-state index is 9.86. The minimum Gasteiger partial charge on any atom is -0.391 e. The molecule has 2 fully saturated rings. The molecule has 1 aliphatic heterocycles. The zero-order valence-corrected chi connectivity index (χ0v) is 9.15. The Balaban J connectivity index is 2.00. The zero-order valence-electron chi connectivity index (χ0n) is 9.15. The van der Waals surface area contributed by atoms with Gasteiger partial charge in [0.25, 0.3) is 0 Å². The van der Waals surface area contributed by atoms with Crippen molar-refractivity contribution in [2.75, 3.05) is 13.2 Å². The predicted octanol–water partition coefficient (Wildman–Crippen LogP) is 1.01. The summed E-state index contributed by atoms with van der Waals surface area (Å²) in [5, 5.41) is 9.86. The van der Waals surface area contributed by atoms with E-state index in [1.54, 1.807) is 0 Å². The highest BCUT2D eigenvalue weighted by Gasteiger charge is 2.36. The van der Waals surface area contributed by atoms with Gasteiger partial charge in [0, 0.05) is 18.6 Å². The van der Waals surface area contributed by atoms with Crippen LogP contribution in [-0.4, -0.2) is 47.4 Å². The van der Waals surface area contributed by atoms with E-state index in [0.29, 0.717) is 18.2 Å². The van der Waals surface area contributed by atoms with E-state index in [0.717, 1.165) is 26.0 Å². The summed E-state index contributed by atoms with van der Waals surface area (Å²) in [6.45, 7) is 6.09. The van der Waals surface area contributed by atoms with E-state index in [9.17, 15) is 5.11 Å². The lowest BCUT2D eigenvalue weighted by Gasteiger charge is -2.41. The molecule has 2 rings (SSSR count). The summed E-state index contributed by atoms with van der Waals surface area (Å²) in [6, 6.07) is 0.847. The van der Waals surface area contributed by atoms with Crippen molar-refractivity contribution in [3.05, 3.63) is 0 Å². The average Bonchev–Trinajstić information content (AvgIpc) is 2.56. The molecule has 0 radical (unpaired) electrons. The van der Waals surface area contributed by atoms with E-state index in [4.69, 9.17) is 4.74 Å². The molecule has 0 aromatic heterocycles. The van der Waals surface area contributed by atoms with Gasteiger partial charge in [-0.3, -0.25) is 4.90 Å². The van der Waals surface area contributed by atoms with Gasteiger partial charge in [-0.1, -0.05) is 0 Å². The monoisotopic (exact) mass is 199 g/mol. The fourth-order valence-electron chi connectivity index (χ4n) is 2.70. The SMILES string of the molecule is CC1CN([C@@H]2CCC[C@H]2O)C(C)CO1. The van der Waals surface area contributed by atoms with Crippen molar-refractivity contribution >= 4 is 0 Å². The van der Waals surface area contributed by atoms with Gasteiger partial charge in [0.1, 0.15) is 0 Å². The smallest absolute Gasteiger partial charge is 0.0695 e. The maximum Gasteiger partial charge on any atom is 0.0695 e. The van der Waals surface area contributed by atoms with Crippen molar-refractivity contribution < 1.29 is 9.84 Å². The van der Waals surface area contributed by atoms with E-state index in [1.165, 1.54) is 6.42 Å². The van der Waals surface area contributed by atoms with Gasteiger partial charge in [-0.2, -0.15) is 0 Å². The summed E-state index contributed by atoms with van der Waals surface area (Å²) in [5.41, 5.74) is 0. The summed E-state index contributed by atoms with van der Waals surface area (Å²) >= 11 is 0. The highest BCUT2D eigenvalue weighted by atomic mass is 16.5. The fourth-order valence-corrected chi connectivity index (χ4v) is 2.70. The molecule has 1 saturated carbocycles. The van der Waals surface area contributed by atoms with Crippen LogP contribution in [0.1, 0.15) is 33.1 Å². The molecular weight excluding hydrogens is 178 g/mol. The number of hydrogen-bond donors (Lipinski definition) is 1. The predicted molar refractivity (Wildman–Crippen MR) is 55.2 cm³/mol. The van der Waals surface area contributed by atoms with E-state index in [-0.39, 0.29) is 6.10 Å². The summed E-state index contributed by atoms with van der Waals surface area (Å²) in [4.78, 5) is 2.44. The van der Waals surface area contributed by atoms with E-state index in [2.05, 4.69) is 18.7 Å². The van der Waals surface area contributed by atoms with Gasteiger partial charge in [-0.05, 0) is 33.1 Å². The Bertz CT molecular complexity index is 198. The van der Waals surface area contributed by atoms with Crippen LogP contribution >= 0.6 is 0 Å². The molecule has 3 nitrogen and oxygen atoms in total. The second-order valence-corrected chi connectivity index (χ2v) is 4.76. The van der Waals surface area contributed by atoms with Crippen molar-refractivity contribution in [2.45, 2.75) is 57.4 Å². The van der Waals surface area contributed by atoms with Crippen molar-refractivity contribution in [3.8, 4) is 0 Å². The van der Waals surface area contributed by atoms with Gasteiger partial charge < -0.3 is 9.84 Å². The van der Waals surface area contributed by atoms with Crippen LogP contribution in [0, 0.1) is 0 Å². The summed E-state index contributed by atoms with van der Waals surface area (Å²) < 4.78 is 5.59. The minimum atomic E-state index is -0.109. The van der Waals surface area contributed by atoms with Gasteiger partial charge in [0.2, 0.25) is 0 Å². The molecule has 2 unspecified atom stereocenters. The summed E-state index contributed by atoms with van der Waals surface area (Å²) in [5.74, 6) is 0. The molecule has 14 heavy (non-hydrogen) atoms. The number of aliphatic hydroxyl groups excluding tert-OH is 1. The lowest BCUT2D eigenvalue weighted by molar-refractivity contribution is -0.0809. The molecule has 0 aromatic rings. The van der Waals surface area contributed by atoms with Crippen LogP contribution in [0.4, 0.5) is 0 Å². The van der Waals surface area contributed by atoms with E-state index >= 15 is 0 Å². The largest absolute Gasteiger partial charge is 0.391 e. The standard InChI is InChI=1S/C11H21NO2/c1-8-7-14-9(2)6-12(8)10-4-3-5-11(10)13/h8-11,13H,3-7H2,1-2H3/t8?,9?,10-,11-/m1/s1. The molecule has 0 amide bonds. The zero-order chi connectivity index (χ0) is 10.1. The molecule has 1 aliphatic carbocycles. The number of nitrogens with zero attached hydrogens (tertiary/aromatic N) is 1. The van der Waals surface area contributed by atoms with Crippen molar-refractivity contribution in [1.29, 1.82) is 0 Å². The van der Waals surface area contributed by atoms with Crippen molar-refractivity contribution in [1.82, 2.24) is 4.90 Å². The Labute approximate surface area is 86.0 Å². The number of aliphatic hydroxyl groups is 1. The van der Waals surface area contributed by atoms with Gasteiger partial charge in [-0.25, -0.2) is 0 Å². The molecule has 4 atom stereocenters. The first-order valence-electron chi connectivity index (χ1n) is 5.74. The maximum absolute atomic E-state index is 9.86. The lowest BCUT2D eigenvalue weighted by atomic mass is 10.1. The van der Waals surface area contributed by atoms with Crippen LogP contribution < -0.4 is 0 Å². The minimum absolute atomic E-state index is 0.109. The van der Waals surface area contributed by atoms with Gasteiger partial charge in [-0.15, -0.1) is 0 Å². The summed E-state index contributed by atoms with van der Waals surface area (Å²) in [6.07, 6.45) is 3.51. The van der Waals surface area contributed by atoms with Gasteiger partial charge in [0.15, 0.2) is 0 Å². The Morgan fingerprint density at radius 2 is 2.07 bits per heavy atom. The number of rotatable bonds is 1. The highest BCUT2D eigenvalue weighted by molar-refractivity contribution is 4.90. The molecule has 1 N–H and O–H groups in total. The highest BCUT2D eigenvalue weighted by Crippen LogP contribution is 2.27. The fraction of sp³-hybridized carbons (Fsp3) is 1.00. The summed E-state index contributed by atoms with van der Waals surface area (Å²) in [7, 11) is 0. The van der Waals surface area contributed by atoms with Gasteiger partial charge in [0.05, 0.1) is 18.8 Å². The number of morpholine rings is 1. The Morgan fingerprint density at radius 3 is 2.71 bits per heavy atom. The second kappa shape index (κ2) is 4.17. The second-order valence-electron chi connectivity index (χ2n) is 4.76. The molecule has 1 saturated heterocycles. The van der Waals surface area contributed by atoms with Gasteiger partial charge >= 0.3 is 0 Å². The van der Waals surface area contributed by atoms with Crippen LogP contribution in [0.15, 0.2) is 0 Å². The van der Waals surface area contributed by atoms with Crippen LogP contribution in [0.25, 0.3) is 0 Å². The van der Waals surface area contributed by atoms with Crippen LogP contribution in [-0.2, 0) is 4.74 Å². The quantitative estimate of drug-likeness (QED) is 0.684. The van der Waals surface area contributed by atoms with Crippen LogP contribution in [0.5, 0.6) is 0 Å². The molecule has 1 heterocycles. The van der Waals surface area contributed by atoms with E-state index in [1.807, 2.05) is 0 Å². The third-order valence-electron chi connectivity index (χ3n) is 3.53. The topological polar surface area (TPSA) is 32.7 Å². The lowest BCUT2D eigenvalue weighted by Crippen LogP contribution is -2.54. The Morgan fingerprint density at radius 1 is 1.29 bits per heavy atom. The molecule has 82 valence electrons. The normalized spacial score (nSPS) is 45.6. The molecule has 3 heteroatoms. The van der Waals surface area contributed by atoms with Crippen LogP contribution in [0.3, 0.4) is 0 Å².